The molecule has 140 valence electrons. The number of methoxy groups -OCH3 is 1. The Labute approximate surface area is 152 Å². The molecule has 0 aromatic heterocycles. The van der Waals surface area contributed by atoms with Gasteiger partial charge in [-0.15, -0.1) is 0 Å². The first-order valence-corrected chi connectivity index (χ1v) is 9.61. The Kier molecular flexibility index (Phi) is 6.00. The zero-order valence-corrected chi connectivity index (χ0v) is 15.5. The van der Waals surface area contributed by atoms with E-state index in [4.69, 9.17) is 10.00 Å². The molecule has 1 aromatic rings. The number of esters is 1. The lowest BCUT2D eigenvalue weighted by atomic mass is 9.98. The quantitative estimate of drug-likeness (QED) is 0.583. The predicted octanol–water partition coefficient (Wildman–Crippen LogP) is 1.05. The van der Waals surface area contributed by atoms with Crippen LogP contribution in [0.1, 0.15) is 36.5 Å². The second-order valence-corrected chi connectivity index (χ2v) is 7.92. The van der Waals surface area contributed by atoms with E-state index in [0.717, 1.165) is 0 Å². The van der Waals surface area contributed by atoms with Crippen molar-refractivity contribution in [2.75, 3.05) is 20.2 Å². The molecule has 1 atom stereocenters. The second-order valence-electron chi connectivity index (χ2n) is 6.16. The molecule has 0 spiro atoms. The summed E-state index contributed by atoms with van der Waals surface area (Å²) in [4.78, 5) is 26.3. The highest BCUT2D eigenvalue weighted by molar-refractivity contribution is 7.89. The van der Waals surface area contributed by atoms with Crippen LogP contribution < -0.4 is 4.72 Å². The lowest BCUT2D eigenvalue weighted by Crippen LogP contribution is -2.51. The van der Waals surface area contributed by atoms with Gasteiger partial charge in [-0.05, 0) is 44.0 Å². The van der Waals surface area contributed by atoms with E-state index < -0.39 is 21.5 Å². The Hall–Kier alpha value is -2.44. The van der Waals surface area contributed by atoms with Crippen LogP contribution in [0.5, 0.6) is 0 Å². The van der Waals surface area contributed by atoms with Gasteiger partial charge < -0.3 is 9.64 Å². The first-order chi connectivity index (χ1) is 12.3. The Bertz CT molecular complexity index is 829. The molecule has 1 aliphatic heterocycles. The summed E-state index contributed by atoms with van der Waals surface area (Å²) in [5.74, 6) is -0.818. The summed E-state index contributed by atoms with van der Waals surface area (Å²) in [5, 5.41) is 8.47. The number of likely N-dealkylation sites (tertiary alicyclic amines) is 1. The van der Waals surface area contributed by atoms with E-state index in [1.165, 1.54) is 36.3 Å². The van der Waals surface area contributed by atoms with Crippen LogP contribution in [0, 0.1) is 11.3 Å². The molecule has 1 unspecified atom stereocenters. The van der Waals surface area contributed by atoms with Gasteiger partial charge in [0, 0.05) is 25.1 Å². The van der Waals surface area contributed by atoms with Crippen LogP contribution in [-0.4, -0.2) is 50.9 Å². The van der Waals surface area contributed by atoms with Crippen LogP contribution >= 0.6 is 0 Å². The largest absolute Gasteiger partial charge is 0.467 e. The Morgan fingerprint density at radius 1 is 1.35 bits per heavy atom. The summed E-state index contributed by atoms with van der Waals surface area (Å²) in [6, 6.07) is 7.34. The summed E-state index contributed by atoms with van der Waals surface area (Å²) in [6.07, 6.45) is 1.27. The minimum Gasteiger partial charge on any atom is -0.467 e. The van der Waals surface area contributed by atoms with Crippen LogP contribution in [0.25, 0.3) is 0 Å². The molecule has 0 radical (unpaired) electrons. The molecule has 1 aliphatic rings. The van der Waals surface area contributed by atoms with E-state index in [2.05, 4.69) is 4.72 Å². The van der Waals surface area contributed by atoms with Gasteiger partial charge in [-0.3, -0.25) is 4.79 Å². The molecule has 0 saturated carbocycles. The highest BCUT2D eigenvalue weighted by Gasteiger charge is 2.46. The summed E-state index contributed by atoms with van der Waals surface area (Å²) in [7, 11) is -2.45. The van der Waals surface area contributed by atoms with E-state index in [9.17, 15) is 18.0 Å². The molecule has 2 rings (SSSR count). The molecule has 1 amide bonds. The molecular weight excluding hydrogens is 358 g/mol. The zero-order chi connectivity index (χ0) is 19.4. The minimum absolute atomic E-state index is 0.00383. The van der Waals surface area contributed by atoms with E-state index in [1.807, 2.05) is 6.07 Å². The first-order valence-electron chi connectivity index (χ1n) is 8.13. The number of carbonyl (C=O) groups is 2. The molecule has 1 heterocycles. The van der Waals surface area contributed by atoms with Gasteiger partial charge >= 0.3 is 5.97 Å². The average molecular weight is 379 g/mol. The van der Waals surface area contributed by atoms with Gasteiger partial charge in [0.15, 0.2) is 0 Å². The van der Waals surface area contributed by atoms with Gasteiger partial charge in [-0.2, -0.15) is 5.26 Å². The SMILES string of the molecule is COC(=O)C1(C)CCCN1C(=O)c1ccc(S(=O)(=O)NCCC#N)cc1. The summed E-state index contributed by atoms with van der Waals surface area (Å²) in [6.45, 7) is 2.12. The molecule has 1 N–H and O–H groups in total. The number of hydrogen-bond donors (Lipinski definition) is 1. The predicted molar refractivity (Wildman–Crippen MR) is 92.6 cm³/mol. The number of carbonyl (C=O) groups excluding carboxylic acids is 2. The Morgan fingerprint density at radius 3 is 2.58 bits per heavy atom. The highest BCUT2D eigenvalue weighted by atomic mass is 32.2. The van der Waals surface area contributed by atoms with Gasteiger partial charge in [0.1, 0.15) is 5.54 Å². The third kappa shape index (κ3) is 3.86. The maximum absolute atomic E-state index is 12.8. The van der Waals surface area contributed by atoms with Crippen LogP contribution in [0.4, 0.5) is 0 Å². The number of nitrogens with one attached hydrogen (secondary N) is 1. The fourth-order valence-corrected chi connectivity index (χ4v) is 4.01. The second kappa shape index (κ2) is 7.85. The monoisotopic (exact) mass is 379 g/mol. The van der Waals surface area contributed by atoms with Crippen LogP contribution in [0.3, 0.4) is 0 Å². The lowest BCUT2D eigenvalue weighted by molar-refractivity contribution is -0.151. The van der Waals surface area contributed by atoms with Crippen molar-refractivity contribution in [3.8, 4) is 6.07 Å². The van der Waals surface area contributed by atoms with Crippen molar-refractivity contribution in [3.63, 3.8) is 0 Å². The molecule has 1 aromatic carbocycles. The summed E-state index contributed by atoms with van der Waals surface area (Å²) in [5.41, 5.74) is -0.729. The van der Waals surface area contributed by atoms with Crippen molar-refractivity contribution >= 4 is 21.9 Å². The number of rotatable bonds is 6. The van der Waals surface area contributed by atoms with Crippen molar-refractivity contribution in [1.82, 2.24) is 9.62 Å². The van der Waals surface area contributed by atoms with E-state index in [1.54, 1.807) is 6.92 Å². The van der Waals surface area contributed by atoms with Crippen molar-refractivity contribution in [2.24, 2.45) is 0 Å². The third-order valence-corrected chi connectivity index (χ3v) is 5.93. The fourth-order valence-electron chi connectivity index (χ4n) is 2.98. The number of amides is 1. The maximum atomic E-state index is 12.8. The molecule has 26 heavy (non-hydrogen) atoms. The zero-order valence-electron chi connectivity index (χ0n) is 14.7. The van der Waals surface area contributed by atoms with Crippen molar-refractivity contribution < 1.29 is 22.7 Å². The molecule has 0 aliphatic carbocycles. The molecule has 0 bridgehead atoms. The number of benzene rings is 1. The van der Waals surface area contributed by atoms with Crippen LogP contribution in [0.15, 0.2) is 29.2 Å². The lowest BCUT2D eigenvalue weighted by Gasteiger charge is -2.32. The number of nitrogens with zero attached hydrogens (tertiary/aromatic N) is 2. The summed E-state index contributed by atoms with van der Waals surface area (Å²) < 4.78 is 31.3. The van der Waals surface area contributed by atoms with Crippen molar-refractivity contribution in [3.05, 3.63) is 29.8 Å². The van der Waals surface area contributed by atoms with Gasteiger partial charge in [-0.25, -0.2) is 17.9 Å². The standard InChI is InChI=1S/C17H21N3O5S/c1-17(16(22)25-2)9-3-12-20(17)15(21)13-5-7-14(8-6-13)26(23,24)19-11-4-10-18/h5-8,19H,3-4,9,11-12H2,1-2H3. The summed E-state index contributed by atoms with van der Waals surface area (Å²) >= 11 is 0. The van der Waals surface area contributed by atoms with Gasteiger partial charge in [-0.1, -0.05) is 0 Å². The van der Waals surface area contributed by atoms with Gasteiger partial charge in [0.25, 0.3) is 5.91 Å². The van der Waals surface area contributed by atoms with Gasteiger partial charge in [0.2, 0.25) is 10.0 Å². The van der Waals surface area contributed by atoms with Crippen molar-refractivity contribution in [1.29, 1.82) is 5.26 Å². The molecule has 9 heteroatoms. The van der Waals surface area contributed by atoms with E-state index in [0.29, 0.717) is 19.4 Å². The minimum atomic E-state index is -3.73. The van der Waals surface area contributed by atoms with Crippen LogP contribution in [-0.2, 0) is 19.6 Å². The van der Waals surface area contributed by atoms with Crippen molar-refractivity contribution in [2.45, 2.75) is 36.6 Å². The van der Waals surface area contributed by atoms with Gasteiger partial charge in [0.05, 0.1) is 18.1 Å². The molecule has 1 saturated heterocycles. The maximum Gasteiger partial charge on any atom is 0.331 e. The highest BCUT2D eigenvalue weighted by Crippen LogP contribution is 2.31. The average Bonchev–Trinajstić information content (AvgIpc) is 3.03. The number of nitriles is 1. The fraction of sp³-hybridized carbons (Fsp3) is 0.471. The van der Waals surface area contributed by atoms with Crippen LogP contribution in [0.2, 0.25) is 0 Å². The first kappa shape index (κ1) is 19.9. The normalized spacial score (nSPS) is 19.8. The number of hydrogen-bond acceptors (Lipinski definition) is 6. The molecule has 8 nitrogen and oxygen atoms in total. The molecule has 1 fully saturated rings. The third-order valence-electron chi connectivity index (χ3n) is 4.45. The number of ether oxygens (including phenoxy) is 1. The smallest absolute Gasteiger partial charge is 0.331 e. The molecular formula is C17H21N3O5S. The Balaban J connectivity index is 2.19. The Morgan fingerprint density at radius 2 is 2.00 bits per heavy atom. The van der Waals surface area contributed by atoms with E-state index in [-0.39, 0.29) is 29.3 Å². The topological polar surface area (TPSA) is 117 Å². The number of sulfonamides is 1. The van der Waals surface area contributed by atoms with E-state index >= 15 is 0 Å².